The van der Waals surface area contributed by atoms with Gasteiger partial charge in [-0.3, -0.25) is 9.19 Å². The molecule has 0 amide bonds. The van der Waals surface area contributed by atoms with Crippen LogP contribution in [0.1, 0.15) is 45.4 Å². The Morgan fingerprint density at radius 2 is 2.00 bits per heavy atom. The molecule has 3 rings (SSSR count). The van der Waals surface area contributed by atoms with Gasteiger partial charge in [0.05, 0.1) is 27.0 Å². The van der Waals surface area contributed by atoms with Crippen molar-refractivity contribution in [3.05, 3.63) is 24.5 Å². The molecule has 0 spiro atoms. The number of hydrogen-bond donors (Lipinski definition) is 2. The Hall–Kier alpha value is -2.09. The maximum atomic E-state index is 13.6. The van der Waals surface area contributed by atoms with Gasteiger partial charge >= 0.3 is 0 Å². The molecule has 2 heterocycles. The predicted octanol–water partition coefficient (Wildman–Crippen LogP) is 4.18. The summed E-state index contributed by atoms with van der Waals surface area (Å²) in [6.45, 7) is 2.00. The van der Waals surface area contributed by atoms with E-state index in [0.717, 1.165) is 24.1 Å². The predicted molar refractivity (Wildman–Crippen MR) is 112 cm³/mol. The maximum Gasteiger partial charge on any atom is 0.224 e. The summed E-state index contributed by atoms with van der Waals surface area (Å²) in [6.07, 6.45) is 10.4. The van der Waals surface area contributed by atoms with E-state index in [1.807, 2.05) is 19.1 Å². The largest absolute Gasteiger partial charge is 0.367 e. The van der Waals surface area contributed by atoms with Crippen molar-refractivity contribution in [3.8, 4) is 11.3 Å². The summed E-state index contributed by atoms with van der Waals surface area (Å²) in [7, 11) is -1.07. The minimum absolute atomic E-state index is 0.188. The van der Waals surface area contributed by atoms with Crippen molar-refractivity contribution in [3.63, 3.8) is 0 Å². The van der Waals surface area contributed by atoms with Crippen LogP contribution in [0.4, 0.5) is 16.2 Å². The summed E-state index contributed by atoms with van der Waals surface area (Å²) in [4.78, 5) is 14.1. The standard InChI is InChI=1S/C20H28FN5OS/c1-3-14(21)11-23-20-24-13-17(18-10-9-16(12-22-18)28(2)27)19(26-20)25-15-7-5-4-6-8-15/h9-10,12-15H,3-8,11H2,1-2H3,(H2,23,24,25,26). The van der Waals surface area contributed by atoms with E-state index < -0.39 is 17.0 Å². The van der Waals surface area contributed by atoms with Crippen molar-refractivity contribution in [1.29, 1.82) is 0 Å². The first-order chi connectivity index (χ1) is 13.6. The van der Waals surface area contributed by atoms with Crippen LogP contribution in [0.25, 0.3) is 11.3 Å². The van der Waals surface area contributed by atoms with E-state index in [1.54, 1.807) is 18.6 Å². The lowest BCUT2D eigenvalue weighted by molar-refractivity contribution is 0.340. The molecule has 1 saturated carbocycles. The van der Waals surface area contributed by atoms with Gasteiger partial charge in [-0.25, -0.2) is 9.37 Å². The zero-order chi connectivity index (χ0) is 19.9. The summed E-state index contributed by atoms with van der Waals surface area (Å²) in [5.74, 6) is 1.11. The lowest BCUT2D eigenvalue weighted by Crippen LogP contribution is -2.24. The molecule has 0 aromatic carbocycles. The van der Waals surface area contributed by atoms with E-state index in [9.17, 15) is 8.60 Å². The highest BCUT2D eigenvalue weighted by Gasteiger charge is 2.18. The number of alkyl halides is 1. The third-order valence-corrected chi connectivity index (χ3v) is 5.91. The van der Waals surface area contributed by atoms with Crippen LogP contribution in [-0.2, 0) is 10.8 Å². The molecular weight excluding hydrogens is 377 g/mol. The molecular formula is C20H28FN5OS. The molecule has 2 aromatic rings. The van der Waals surface area contributed by atoms with Crippen molar-refractivity contribution in [2.75, 3.05) is 23.4 Å². The fourth-order valence-corrected chi connectivity index (χ4v) is 3.72. The van der Waals surface area contributed by atoms with Crippen LogP contribution in [0.15, 0.2) is 29.4 Å². The van der Waals surface area contributed by atoms with Crippen LogP contribution in [-0.4, -0.2) is 44.2 Å². The second-order valence-electron chi connectivity index (χ2n) is 7.15. The second-order valence-corrected chi connectivity index (χ2v) is 8.53. The first kappa shape index (κ1) is 20.6. The highest BCUT2D eigenvalue weighted by Crippen LogP contribution is 2.29. The third kappa shape index (κ3) is 5.47. The van der Waals surface area contributed by atoms with Gasteiger partial charge in [-0.2, -0.15) is 4.98 Å². The number of nitrogens with zero attached hydrogens (tertiary/aromatic N) is 3. The Balaban J connectivity index is 1.86. The van der Waals surface area contributed by atoms with Crippen LogP contribution < -0.4 is 10.6 Å². The molecule has 2 aromatic heterocycles. The van der Waals surface area contributed by atoms with E-state index in [1.165, 1.54) is 19.3 Å². The van der Waals surface area contributed by atoms with Gasteiger partial charge < -0.3 is 10.6 Å². The van der Waals surface area contributed by atoms with Crippen LogP contribution in [0, 0.1) is 0 Å². The summed E-state index contributed by atoms with van der Waals surface area (Å²) in [5.41, 5.74) is 1.51. The van der Waals surface area contributed by atoms with E-state index in [0.29, 0.717) is 29.1 Å². The fourth-order valence-electron chi connectivity index (χ4n) is 3.26. The molecule has 0 aliphatic heterocycles. The van der Waals surface area contributed by atoms with Gasteiger partial charge in [0, 0.05) is 31.2 Å². The smallest absolute Gasteiger partial charge is 0.224 e. The highest BCUT2D eigenvalue weighted by atomic mass is 32.2. The van der Waals surface area contributed by atoms with E-state index in [2.05, 4.69) is 25.6 Å². The van der Waals surface area contributed by atoms with E-state index in [-0.39, 0.29) is 6.54 Å². The summed E-state index contributed by atoms with van der Waals surface area (Å²) in [6, 6.07) is 4.01. The molecule has 1 fully saturated rings. The normalized spacial score (nSPS) is 17.1. The van der Waals surface area contributed by atoms with Crippen molar-refractivity contribution >= 4 is 22.6 Å². The molecule has 0 bridgehead atoms. The number of aromatic nitrogens is 3. The topological polar surface area (TPSA) is 79.8 Å². The van der Waals surface area contributed by atoms with E-state index in [4.69, 9.17) is 0 Å². The molecule has 2 N–H and O–H groups in total. The quantitative estimate of drug-likeness (QED) is 0.686. The third-order valence-electron chi connectivity index (χ3n) is 5.00. The molecule has 1 aliphatic rings. The fraction of sp³-hybridized carbons (Fsp3) is 0.550. The van der Waals surface area contributed by atoms with Crippen molar-refractivity contribution in [2.45, 2.75) is 62.6 Å². The number of pyridine rings is 1. The van der Waals surface area contributed by atoms with Gasteiger partial charge in [-0.15, -0.1) is 0 Å². The van der Waals surface area contributed by atoms with Crippen LogP contribution >= 0.6 is 0 Å². The van der Waals surface area contributed by atoms with Gasteiger partial charge in [0.1, 0.15) is 12.0 Å². The molecule has 6 nitrogen and oxygen atoms in total. The molecule has 1 aliphatic carbocycles. The molecule has 0 saturated heterocycles. The first-order valence-corrected chi connectivity index (χ1v) is 11.4. The Bertz CT molecular complexity index is 796. The SMILES string of the molecule is CCC(F)CNc1ncc(-c2ccc(S(C)=O)cn2)c(NC2CCCCC2)n1. The zero-order valence-corrected chi connectivity index (χ0v) is 17.3. The number of nitrogens with one attached hydrogen (secondary N) is 2. The Labute approximate surface area is 168 Å². The molecule has 0 radical (unpaired) electrons. The second kappa shape index (κ2) is 9.91. The number of rotatable bonds is 8. The molecule has 28 heavy (non-hydrogen) atoms. The molecule has 8 heteroatoms. The Kier molecular flexibility index (Phi) is 7.30. The number of halogens is 1. The minimum Gasteiger partial charge on any atom is -0.367 e. The van der Waals surface area contributed by atoms with Gasteiger partial charge in [0.15, 0.2) is 0 Å². The zero-order valence-electron chi connectivity index (χ0n) is 16.4. The van der Waals surface area contributed by atoms with Gasteiger partial charge in [0.25, 0.3) is 0 Å². The summed E-state index contributed by atoms with van der Waals surface area (Å²) < 4.78 is 25.2. The van der Waals surface area contributed by atoms with Crippen molar-refractivity contribution in [1.82, 2.24) is 15.0 Å². The van der Waals surface area contributed by atoms with Crippen LogP contribution in [0.3, 0.4) is 0 Å². The van der Waals surface area contributed by atoms with Crippen molar-refractivity contribution in [2.24, 2.45) is 0 Å². The van der Waals surface area contributed by atoms with E-state index >= 15 is 0 Å². The highest BCUT2D eigenvalue weighted by molar-refractivity contribution is 7.84. The van der Waals surface area contributed by atoms with Gasteiger partial charge in [-0.05, 0) is 31.4 Å². The number of hydrogen-bond acceptors (Lipinski definition) is 6. The summed E-state index contributed by atoms with van der Waals surface area (Å²) in [5, 5.41) is 6.52. The monoisotopic (exact) mass is 405 g/mol. The Morgan fingerprint density at radius 1 is 1.21 bits per heavy atom. The first-order valence-electron chi connectivity index (χ1n) is 9.88. The average Bonchev–Trinajstić information content (AvgIpc) is 2.73. The van der Waals surface area contributed by atoms with Crippen molar-refractivity contribution < 1.29 is 8.60 Å². The van der Waals surface area contributed by atoms with Gasteiger partial charge in [-0.1, -0.05) is 26.2 Å². The van der Waals surface area contributed by atoms with Crippen LogP contribution in [0.2, 0.25) is 0 Å². The van der Waals surface area contributed by atoms with Gasteiger partial charge in [0.2, 0.25) is 5.95 Å². The minimum atomic E-state index is -1.07. The lowest BCUT2D eigenvalue weighted by atomic mass is 9.95. The molecule has 2 atom stereocenters. The molecule has 152 valence electrons. The molecule has 2 unspecified atom stereocenters. The maximum absolute atomic E-state index is 13.6. The lowest BCUT2D eigenvalue weighted by Gasteiger charge is -2.24. The Morgan fingerprint density at radius 3 is 2.64 bits per heavy atom. The number of anilines is 2. The average molecular weight is 406 g/mol. The summed E-state index contributed by atoms with van der Waals surface area (Å²) >= 11 is 0. The van der Waals surface area contributed by atoms with Crippen LogP contribution in [0.5, 0.6) is 0 Å².